The summed E-state index contributed by atoms with van der Waals surface area (Å²) >= 11 is 0. The van der Waals surface area contributed by atoms with E-state index >= 15 is 0 Å². The number of aliphatic hydroxyl groups excluding tert-OH is 1. The number of aliphatic hydroxyl groups is 1. The van der Waals surface area contributed by atoms with E-state index in [1.807, 2.05) is 25.1 Å². The van der Waals surface area contributed by atoms with Gasteiger partial charge in [-0.2, -0.15) is 0 Å². The number of hydrogen-bond donors (Lipinski definition) is 3. The monoisotopic (exact) mass is 263 g/mol. The van der Waals surface area contributed by atoms with Gasteiger partial charge in [0.2, 0.25) is 0 Å². The number of anilines is 1. The molecule has 1 fully saturated rings. The lowest BCUT2D eigenvalue weighted by Gasteiger charge is -2.35. The highest BCUT2D eigenvalue weighted by Crippen LogP contribution is 2.29. The van der Waals surface area contributed by atoms with E-state index in [-0.39, 0.29) is 12.4 Å². The number of nitrogens with zero attached hydrogens (tertiary/aromatic N) is 2. The third-order valence-electron chi connectivity index (χ3n) is 3.81. The van der Waals surface area contributed by atoms with E-state index in [4.69, 9.17) is 10.9 Å². The third kappa shape index (κ3) is 2.81. The van der Waals surface area contributed by atoms with Crippen LogP contribution in [0.3, 0.4) is 0 Å². The number of aryl methyl sites for hydroxylation is 1. The first-order valence-corrected chi connectivity index (χ1v) is 6.60. The van der Waals surface area contributed by atoms with E-state index in [2.05, 4.69) is 10.1 Å². The third-order valence-corrected chi connectivity index (χ3v) is 3.81. The standard InChI is InChI=1S/C14H21N3O2/c1-10-3-2-4-12(14(15)16-19)13(10)17-7-5-11(9-18)6-8-17/h2-4,11,18-19H,5-9H2,1H3,(H2,15,16). The Morgan fingerprint density at radius 2 is 2.11 bits per heavy atom. The van der Waals surface area contributed by atoms with Gasteiger partial charge in [0.25, 0.3) is 0 Å². The first-order chi connectivity index (χ1) is 9.17. The fraction of sp³-hybridized carbons (Fsp3) is 0.500. The number of piperidine rings is 1. The number of hydrogen-bond acceptors (Lipinski definition) is 4. The molecular weight excluding hydrogens is 242 g/mol. The normalized spacial score (nSPS) is 17.8. The molecule has 0 bridgehead atoms. The molecule has 0 spiro atoms. The summed E-state index contributed by atoms with van der Waals surface area (Å²) in [6.07, 6.45) is 1.95. The zero-order valence-corrected chi connectivity index (χ0v) is 11.2. The second kappa shape index (κ2) is 5.93. The smallest absolute Gasteiger partial charge is 0.172 e. The van der Waals surface area contributed by atoms with E-state index in [9.17, 15) is 5.11 Å². The summed E-state index contributed by atoms with van der Waals surface area (Å²) in [5.41, 5.74) is 8.68. The molecule has 0 unspecified atom stereocenters. The Morgan fingerprint density at radius 1 is 1.42 bits per heavy atom. The van der Waals surface area contributed by atoms with Crippen molar-refractivity contribution in [1.82, 2.24) is 0 Å². The van der Waals surface area contributed by atoms with Gasteiger partial charge >= 0.3 is 0 Å². The molecule has 2 rings (SSSR count). The van der Waals surface area contributed by atoms with Gasteiger partial charge in [0.1, 0.15) is 0 Å². The van der Waals surface area contributed by atoms with Crippen LogP contribution < -0.4 is 10.6 Å². The highest BCUT2D eigenvalue weighted by molar-refractivity contribution is 6.02. The van der Waals surface area contributed by atoms with Crippen LogP contribution in [-0.2, 0) is 0 Å². The molecule has 5 nitrogen and oxygen atoms in total. The molecule has 1 saturated heterocycles. The molecule has 4 N–H and O–H groups in total. The van der Waals surface area contributed by atoms with Crippen LogP contribution in [0.5, 0.6) is 0 Å². The van der Waals surface area contributed by atoms with Crippen LogP contribution in [0, 0.1) is 12.8 Å². The number of benzene rings is 1. The minimum absolute atomic E-state index is 0.142. The van der Waals surface area contributed by atoms with Crippen molar-refractivity contribution in [3.05, 3.63) is 29.3 Å². The Balaban J connectivity index is 2.29. The van der Waals surface area contributed by atoms with Crippen LogP contribution in [0.25, 0.3) is 0 Å². The van der Waals surface area contributed by atoms with Gasteiger partial charge in [0, 0.05) is 25.3 Å². The lowest BCUT2D eigenvalue weighted by atomic mass is 9.95. The summed E-state index contributed by atoms with van der Waals surface area (Å²) < 4.78 is 0. The molecule has 0 radical (unpaired) electrons. The molecule has 0 amide bonds. The molecule has 104 valence electrons. The molecule has 0 atom stereocenters. The van der Waals surface area contributed by atoms with Gasteiger partial charge in [0.05, 0.1) is 5.69 Å². The molecule has 0 aliphatic carbocycles. The first-order valence-electron chi connectivity index (χ1n) is 6.60. The van der Waals surface area contributed by atoms with Crippen LogP contribution in [0.2, 0.25) is 0 Å². The van der Waals surface area contributed by atoms with Crippen LogP contribution in [0.1, 0.15) is 24.0 Å². The van der Waals surface area contributed by atoms with Crippen molar-refractivity contribution in [2.45, 2.75) is 19.8 Å². The van der Waals surface area contributed by atoms with E-state index in [0.29, 0.717) is 5.92 Å². The molecule has 1 heterocycles. The average molecular weight is 263 g/mol. The van der Waals surface area contributed by atoms with Gasteiger partial charge in [-0.25, -0.2) is 0 Å². The summed E-state index contributed by atoms with van der Waals surface area (Å²) in [5.74, 6) is 0.538. The van der Waals surface area contributed by atoms with Crippen molar-refractivity contribution in [1.29, 1.82) is 0 Å². The second-order valence-electron chi connectivity index (χ2n) is 5.07. The maximum Gasteiger partial charge on any atom is 0.172 e. The average Bonchev–Trinajstić information content (AvgIpc) is 2.46. The minimum atomic E-state index is 0.142. The summed E-state index contributed by atoms with van der Waals surface area (Å²) in [7, 11) is 0. The number of para-hydroxylation sites is 1. The summed E-state index contributed by atoms with van der Waals surface area (Å²) in [4.78, 5) is 2.26. The fourth-order valence-electron chi connectivity index (χ4n) is 2.68. The van der Waals surface area contributed by atoms with Gasteiger partial charge in [-0.15, -0.1) is 0 Å². The second-order valence-corrected chi connectivity index (χ2v) is 5.07. The predicted octanol–water partition coefficient (Wildman–Crippen LogP) is 1.30. The Hall–Kier alpha value is -1.75. The molecule has 5 heteroatoms. The number of nitrogens with two attached hydrogens (primary N) is 1. The molecule has 1 aliphatic heterocycles. The summed E-state index contributed by atoms with van der Waals surface area (Å²) in [6, 6.07) is 5.81. The molecule has 19 heavy (non-hydrogen) atoms. The highest BCUT2D eigenvalue weighted by atomic mass is 16.4. The van der Waals surface area contributed by atoms with Crippen molar-refractivity contribution in [3.63, 3.8) is 0 Å². The first kappa shape index (κ1) is 13.7. The maximum atomic E-state index is 9.19. The maximum absolute atomic E-state index is 9.19. The summed E-state index contributed by atoms with van der Waals surface area (Å²) in [5, 5.41) is 21.2. The van der Waals surface area contributed by atoms with Crippen molar-refractivity contribution in [2.75, 3.05) is 24.6 Å². The van der Waals surface area contributed by atoms with Gasteiger partial charge < -0.3 is 20.9 Å². The highest BCUT2D eigenvalue weighted by Gasteiger charge is 2.22. The largest absolute Gasteiger partial charge is 0.409 e. The van der Waals surface area contributed by atoms with Crippen LogP contribution in [0.4, 0.5) is 5.69 Å². The fourth-order valence-corrected chi connectivity index (χ4v) is 2.68. The lowest BCUT2D eigenvalue weighted by molar-refractivity contribution is 0.203. The quantitative estimate of drug-likeness (QED) is 0.332. The van der Waals surface area contributed by atoms with Crippen molar-refractivity contribution >= 4 is 11.5 Å². The van der Waals surface area contributed by atoms with Crippen molar-refractivity contribution in [3.8, 4) is 0 Å². The number of rotatable bonds is 3. The molecule has 1 aromatic rings. The SMILES string of the molecule is Cc1cccc(/C(N)=N/O)c1N1CCC(CO)CC1. The number of oxime groups is 1. The van der Waals surface area contributed by atoms with Crippen LogP contribution in [-0.4, -0.2) is 35.8 Å². The Morgan fingerprint density at radius 3 is 2.68 bits per heavy atom. The molecule has 1 aliphatic rings. The molecular formula is C14H21N3O2. The van der Waals surface area contributed by atoms with Crippen molar-refractivity contribution in [2.24, 2.45) is 16.8 Å². The van der Waals surface area contributed by atoms with Crippen LogP contribution >= 0.6 is 0 Å². The van der Waals surface area contributed by atoms with E-state index in [0.717, 1.165) is 42.7 Å². The zero-order chi connectivity index (χ0) is 13.8. The zero-order valence-electron chi connectivity index (χ0n) is 11.2. The minimum Gasteiger partial charge on any atom is -0.409 e. The van der Waals surface area contributed by atoms with Gasteiger partial charge in [0.15, 0.2) is 5.84 Å². The van der Waals surface area contributed by atoms with Crippen LogP contribution in [0.15, 0.2) is 23.4 Å². The van der Waals surface area contributed by atoms with Gasteiger partial charge in [-0.3, -0.25) is 0 Å². The van der Waals surface area contributed by atoms with Gasteiger partial charge in [-0.05, 0) is 37.3 Å². The van der Waals surface area contributed by atoms with Crippen molar-refractivity contribution < 1.29 is 10.3 Å². The predicted molar refractivity (Wildman–Crippen MR) is 75.7 cm³/mol. The molecule has 1 aromatic carbocycles. The Labute approximate surface area is 113 Å². The Kier molecular flexibility index (Phi) is 4.27. The lowest BCUT2D eigenvalue weighted by Crippen LogP contribution is -2.36. The van der Waals surface area contributed by atoms with Gasteiger partial charge in [-0.1, -0.05) is 17.3 Å². The number of amidine groups is 1. The molecule has 0 aromatic heterocycles. The van der Waals surface area contributed by atoms with E-state index in [1.54, 1.807) is 0 Å². The van der Waals surface area contributed by atoms with E-state index in [1.165, 1.54) is 0 Å². The van der Waals surface area contributed by atoms with E-state index < -0.39 is 0 Å². The Bertz CT molecular complexity index is 466. The summed E-state index contributed by atoms with van der Waals surface area (Å²) in [6.45, 7) is 4.07. The molecule has 0 saturated carbocycles. The topological polar surface area (TPSA) is 82.1 Å².